The third-order valence-electron chi connectivity index (χ3n) is 3.35. The Labute approximate surface area is 121 Å². The number of amides is 1. The minimum Gasteiger partial charge on any atom is -0.368 e. The summed E-state index contributed by atoms with van der Waals surface area (Å²) in [4.78, 5) is 29.4. The maximum atomic E-state index is 11.6. The van der Waals surface area contributed by atoms with Crippen LogP contribution in [0.15, 0.2) is 22.2 Å². The fourth-order valence-corrected chi connectivity index (χ4v) is 2.75. The van der Waals surface area contributed by atoms with Gasteiger partial charge in [0.1, 0.15) is 0 Å². The van der Waals surface area contributed by atoms with E-state index in [1.54, 1.807) is 0 Å². The second-order valence-corrected chi connectivity index (χ2v) is 6.39. The monoisotopic (exact) mass is 296 g/mol. The number of nitrogens with one attached hydrogen (secondary N) is 2. The molecule has 20 heavy (non-hydrogen) atoms. The number of carbonyl (C=O) groups is 1. The molecule has 1 amide bonds. The molecule has 0 radical (unpaired) electrons. The third kappa shape index (κ3) is 4.35. The molecule has 1 heterocycles. The standard InChI is InChI=1S/C13H20N4O2S/c1-13(11(14)19,17-9-3-4-9)6-2-8-20-12-15-7-5-10(18)16-12/h5,7,9,17H,2-4,6,8H2,1H3,(H2,14,19)(H,15,16,18). The van der Waals surface area contributed by atoms with E-state index >= 15 is 0 Å². The van der Waals surface area contributed by atoms with Crippen molar-refractivity contribution in [1.82, 2.24) is 15.3 Å². The van der Waals surface area contributed by atoms with E-state index in [-0.39, 0.29) is 11.5 Å². The molecule has 1 saturated carbocycles. The first-order valence-electron chi connectivity index (χ1n) is 6.75. The van der Waals surface area contributed by atoms with Gasteiger partial charge in [0.25, 0.3) is 5.56 Å². The van der Waals surface area contributed by atoms with Crippen molar-refractivity contribution in [1.29, 1.82) is 0 Å². The zero-order chi connectivity index (χ0) is 14.6. The third-order valence-corrected chi connectivity index (χ3v) is 4.33. The maximum Gasteiger partial charge on any atom is 0.251 e. The van der Waals surface area contributed by atoms with Crippen LogP contribution in [0.25, 0.3) is 0 Å². The quantitative estimate of drug-likeness (QED) is 0.371. The molecule has 0 bridgehead atoms. The summed E-state index contributed by atoms with van der Waals surface area (Å²) in [6, 6.07) is 1.82. The van der Waals surface area contributed by atoms with E-state index in [9.17, 15) is 9.59 Å². The van der Waals surface area contributed by atoms with E-state index in [0.717, 1.165) is 25.0 Å². The predicted molar refractivity (Wildman–Crippen MR) is 78.6 cm³/mol. The second kappa shape index (κ2) is 6.41. The van der Waals surface area contributed by atoms with Gasteiger partial charge in [0.15, 0.2) is 5.16 Å². The molecule has 1 aliphatic carbocycles. The summed E-state index contributed by atoms with van der Waals surface area (Å²) in [6.07, 6.45) is 5.23. The second-order valence-electron chi connectivity index (χ2n) is 5.31. The summed E-state index contributed by atoms with van der Waals surface area (Å²) in [6.45, 7) is 1.86. The van der Waals surface area contributed by atoms with Crippen LogP contribution in [0, 0.1) is 0 Å². The minimum atomic E-state index is -0.640. The van der Waals surface area contributed by atoms with Crippen LogP contribution in [0.1, 0.15) is 32.6 Å². The number of nitrogens with two attached hydrogens (primary N) is 1. The summed E-state index contributed by atoms with van der Waals surface area (Å²) in [7, 11) is 0. The molecule has 0 spiro atoms. The smallest absolute Gasteiger partial charge is 0.251 e. The first kappa shape index (κ1) is 15.1. The Balaban J connectivity index is 1.78. The molecule has 0 aliphatic heterocycles. The van der Waals surface area contributed by atoms with Crippen molar-refractivity contribution < 1.29 is 4.79 Å². The highest BCUT2D eigenvalue weighted by Crippen LogP contribution is 2.25. The molecule has 1 unspecified atom stereocenters. The van der Waals surface area contributed by atoms with Gasteiger partial charge in [-0.15, -0.1) is 0 Å². The fourth-order valence-electron chi connectivity index (χ4n) is 1.96. The summed E-state index contributed by atoms with van der Waals surface area (Å²) in [5.74, 6) is 0.475. The first-order valence-corrected chi connectivity index (χ1v) is 7.74. The van der Waals surface area contributed by atoms with Crippen LogP contribution in [0.3, 0.4) is 0 Å². The lowest BCUT2D eigenvalue weighted by atomic mass is 9.95. The Kier molecular flexibility index (Phi) is 4.82. The van der Waals surface area contributed by atoms with Crippen LogP contribution in [0.2, 0.25) is 0 Å². The molecular formula is C13H20N4O2S. The van der Waals surface area contributed by atoms with Gasteiger partial charge in [0.2, 0.25) is 5.91 Å². The van der Waals surface area contributed by atoms with Crippen LogP contribution in [-0.4, -0.2) is 33.2 Å². The summed E-state index contributed by atoms with van der Waals surface area (Å²) >= 11 is 1.47. The Hall–Kier alpha value is -1.34. The Morgan fingerprint density at radius 1 is 1.65 bits per heavy atom. The maximum absolute atomic E-state index is 11.6. The molecule has 1 aromatic heterocycles. The van der Waals surface area contributed by atoms with Crippen LogP contribution in [-0.2, 0) is 4.79 Å². The summed E-state index contributed by atoms with van der Waals surface area (Å²) in [5.41, 5.74) is 4.70. The lowest BCUT2D eigenvalue weighted by molar-refractivity contribution is -0.124. The predicted octanol–water partition coefficient (Wildman–Crippen LogP) is 0.638. The normalized spacial score (nSPS) is 17.6. The van der Waals surface area contributed by atoms with Gasteiger partial charge in [-0.25, -0.2) is 4.98 Å². The van der Waals surface area contributed by atoms with Gasteiger partial charge >= 0.3 is 0 Å². The minimum absolute atomic E-state index is 0.153. The summed E-state index contributed by atoms with van der Waals surface area (Å²) < 4.78 is 0. The van der Waals surface area contributed by atoms with Gasteiger partial charge in [0.05, 0.1) is 5.54 Å². The van der Waals surface area contributed by atoms with Crippen molar-refractivity contribution in [3.63, 3.8) is 0 Å². The number of rotatable bonds is 8. The van der Waals surface area contributed by atoms with E-state index in [4.69, 9.17) is 5.73 Å². The molecule has 1 aliphatic rings. The Bertz CT molecular complexity index is 529. The van der Waals surface area contributed by atoms with Crippen LogP contribution < -0.4 is 16.6 Å². The molecular weight excluding hydrogens is 276 g/mol. The Morgan fingerprint density at radius 2 is 2.40 bits per heavy atom. The van der Waals surface area contributed by atoms with E-state index in [1.807, 2.05) is 6.92 Å². The SMILES string of the molecule is CC(CCCSc1nccc(=O)[nH]1)(NC1CC1)C(N)=O. The van der Waals surface area contributed by atoms with E-state index < -0.39 is 5.54 Å². The molecule has 110 valence electrons. The van der Waals surface area contributed by atoms with Crippen LogP contribution in [0.4, 0.5) is 0 Å². The van der Waals surface area contributed by atoms with Gasteiger partial charge in [-0.2, -0.15) is 0 Å². The lowest BCUT2D eigenvalue weighted by Gasteiger charge is -2.27. The van der Waals surface area contributed by atoms with Gasteiger partial charge in [-0.3, -0.25) is 9.59 Å². The van der Waals surface area contributed by atoms with Crippen molar-refractivity contribution in [2.24, 2.45) is 5.73 Å². The molecule has 1 atom stereocenters. The zero-order valence-corrected chi connectivity index (χ0v) is 12.3. The molecule has 4 N–H and O–H groups in total. The molecule has 6 nitrogen and oxygen atoms in total. The molecule has 1 aromatic rings. The van der Waals surface area contributed by atoms with Crippen molar-refractivity contribution in [2.75, 3.05) is 5.75 Å². The van der Waals surface area contributed by atoms with Crippen molar-refractivity contribution in [3.05, 3.63) is 22.6 Å². The molecule has 2 rings (SSSR count). The van der Waals surface area contributed by atoms with Gasteiger partial charge in [0, 0.05) is 24.1 Å². The fraction of sp³-hybridized carbons (Fsp3) is 0.615. The highest BCUT2D eigenvalue weighted by Gasteiger charge is 2.36. The number of carbonyl (C=O) groups excluding carboxylic acids is 1. The number of aromatic amines is 1. The molecule has 0 saturated heterocycles. The lowest BCUT2D eigenvalue weighted by Crippen LogP contribution is -2.54. The molecule has 1 fully saturated rings. The van der Waals surface area contributed by atoms with Gasteiger partial charge < -0.3 is 16.0 Å². The number of nitrogens with zero attached hydrogens (tertiary/aromatic N) is 1. The van der Waals surface area contributed by atoms with E-state index in [0.29, 0.717) is 17.6 Å². The van der Waals surface area contributed by atoms with Crippen molar-refractivity contribution >= 4 is 17.7 Å². The van der Waals surface area contributed by atoms with Crippen molar-refractivity contribution in [2.45, 2.75) is 49.3 Å². The van der Waals surface area contributed by atoms with Crippen LogP contribution >= 0.6 is 11.8 Å². The number of aromatic nitrogens is 2. The number of hydrogen-bond donors (Lipinski definition) is 3. The largest absolute Gasteiger partial charge is 0.368 e. The van der Waals surface area contributed by atoms with E-state index in [2.05, 4.69) is 15.3 Å². The zero-order valence-electron chi connectivity index (χ0n) is 11.5. The van der Waals surface area contributed by atoms with E-state index in [1.165, 1.54) is 24.0 Å². The summed E-state index contributed by atoms with van der Waals surface area (Å²) in [5, 5.41) is 3.92. The van der Waals surface area contributed by atoms with Gasteiger partial charge in [-0.1, -0.05) is 11.8 Å². The first-order chi connectivity index (χ1) is 9.49. The highest BCUT2D eigenvalue weighted by molar-refractivity contribution is 7.99. The molecule has 7 heteroatoms. The van der Waals surface area contributed by atoms with Crippen LogP contribution in [0.5, 0.6) is 0 Å². The average molecular weight is 296 g/mol. The van der Waals surface area contributed by atoms with Crippen molar-refractivity contribution in [3.8, 4) is 0 Å². The number of primary amides is 1. The Morgan fingerprint density at radius 3 is 3.00 bits per heavy atom. The number of hydrogen-bond acceptors (Lipinski definition) is 5. The highest BCUT2D eigenvalue weighted by atomic mass is 32.2. The number of H-pyrrole nitrogens is 1. The molecule has 0 aromatic carbocycles. The van der Waals surface area contributed by atoms with Gasteiger partial charge in [-0.05, 0) is 32.6 Å². The topological polar surface area (TPSA) is 101 Å². The average Bonchev–Trinajstić information content (AvgIpc) is 3.18. The number of thioether (sulfide) groups is 1.